The molecule has 2 aromatic heterocycles. The van der Waals surface area contributed by atoms with Crippen LogP contribution in [0.25, 0.3) is 5.13 Å². The lowest BCUT2D eigenvalue weighted by atomic mass is 10.1. The first-order chi connectivity index (χ1) is 11.6. The third-order valence-corrected chi connectivity index (χ3v) is 5.43. The summed E-state index contributed by atoms with van der Waals surface area (Å²) in [5, 5.41) is 2.90. The van der Waals surface area contributed by atoms with Gasteiger partial charge in [0.2, 0.25) is 11.8 Å². The van der Waals surface area contributed by atoms with Gasteiger partial charge < -0.3 is 9.80 Å². The molecular formula is C16H19N5O2S. The number of likely N-dealkylation sites (N-methyl/N-ethyl adjacent to an activating group) is 1. The van der Waals surface area contributed by atoms with Crippen molar-refractivity contribution in [2.24, 2.45) is 0 Å². The van der Waals surface area contributed by atoms with Crippen molar-refractivity contribution in [1.82, 2.24) is 24.3 Å². The van der Waals surface area contributed by atoms with Gasteiger partial charge >= 0.3 is 0 Å². The van der Waals surface area contributed by atoms with Crippen LogP contribution in [0.1, 0.15) is 5.69 Å². The van der Waals surface area contributed by atoms with Crippen molar-refractivity contribution in [3.63, 3.8) is 0 Å². The van der Waals surface area contributed by atoms with Crippen LogP contribution in [0.5, 0.6) is 0 Å². The van der Waals surface area contributed by atoms with Crippen LogP contribution in [0.2, 0.25) is 0 Å². The number of carbonyl (C=O) groups is 2. The van der Waals surface area contributed by atoms with E-state index in [1.165, 1.54) is 4.90 Å². The number of hydrogen-bond acceptors (Lipinski definition) is 5. The van der Waals surface area contributed by atoms with Crippen molar-refractivity contribution in [3.05, 3.63) is 35.6 Å². The summed E-state index contributed by atoms with van der Waals surface area (Å²) in [5.41, 5.74) is 1.14. The zero-order valence-electron chi connectivity index (χ0n) is 13.5. The van der Waals surface area contributed by atoms with E-state index in [-0.39, 0.29) is 24.4 Å². The quantitative estimate of drug-likeness (QED) is 0.809. The standard InChI is InChI=1S/C16H19N5O2S/c1-18-11-14(22)21-7-6-19(10-13(21)15(18)23)9-12-3-2-5-20(12)16-17-4-8-24-16/h2-5,8,13H,6-7,9-11H2,1H3/t13-/m1/s1. The SMILES string of the molecule is CN1CC(=O)N2CCN(Cc3cccn3-c3nccs3)C[C@@H]2C1=O. The number of thiazole rings is 1. The highest BCUT2D eigenvalue weighted by molar-refractivity contribution is 7.12. The van der Waals surface area contributed by atoms with Crippen molar-refractivity contribution in [2.45, 2.75) is 12.6 Å². The molecule has 2 aliphatic rings. The first kappa shape index (κ1) is 15.3. The van der Waals surface area contributed by atoms with E-state index in [2.05, 4.69) is 20.5 Å². The van der Waals surface area contributed by atoms with Crippen molar-refractivity contribution < 1.29 is 9.59 Å². The van der Waals surface area contributed by atoms with Crippen molar-refractivity contribution >= 4 is 23.2 Å². The van der Waals surface area contributed by atoms with E-state index in [0.29, 0.717) is 13.1 Å². The number of fused-ring (bicyclic) bond motifs is 1. The Morgan fingerprint density at radius 3 is 3.00 bits per heavy atom. The number of nitrogens with zero attached hydrogens (tertiary/aromatic N) is 5. The van der Waals surface area contributed by atoms with Crippen LogP contribution in [-0.2, 0) is 16.1 Å². The number of carbonyl (C=O) groups excluding carboxylic acids is 2. The van der Waals surface area contributed by atoms with Crippen LogP contribution in [0.15, 0.2) is 29.9 Å². The molecule has 2 amide bonds. The molecule has 0 saturated carbocycles. The molecule has 1 atom stereocenters. The summed E-state index contributed by atoms with van der Waals surface area (Å²) in [4.78, 5) is 34.4. The minimum Gasteiger partial charge on any atom is -0.335 e. The van der Waals surface area contributed by atoms with Crippen LogP contribution in [0.4, 0.5) is 0 Å². The maximum absolute atomic E-state index is 12.4. The fourth-order valence-electron chi connectivity index (χ4n) is 3.41. The Kier molecular flexibility index (Phi) is 3.85. The van der Waals surface area contributed by atoms with E-state index >= 15 is 0 Å². The third-order valence-electron chi connectivity index (χ3n) is 4.66. The smallest absolute Gasteiger partial charge is 0.246 e. The third kappa shape index (κ3) is 2.61. The molecule has 0 bridgehead atoms. The number of hydrogen-bond donors (Lipinski definition) is 0. The molecule has 2 fully saturated rings. The van der Waals surface area contributed by atoms with E-state index in [1.807, 2.05) is 17.6 Å². The number of amides is 2. The Balaban J connectivity index is 1.50. The lowest BCUT2D eigenvalue weighted by Gasteiger charge is -2.45. The average molecular weight is 345 g/mol. The average Bonchev–Trinajstić information content (AvgIpc) is 3.23. The molecule has 0 N–H and O–H groups in total. The van der Waals surface area contributed by atoms with Gasteiger partial charge in [-0.3, -0.25) is 19.1 Å². The highest BCUT2D eigenvalue weighted by Gasteiger charge is 2.41. The minimum atomic E-state index is -0.353. The number of aromatic nitrogens is 2. The molecule has 0 radical (unpaired) electrons. The molecule has 24 heavy (non-hydrogen) atoms. The minimum absolute atomic E-state index is 0.0367. The number of piperazine rings is 2. The van der Waals surface area contributed by atoms with Crippen molar-refractivity contribution in [3.8, 4) is 5.13 Å². The second-order valence-corrected chi connectivity index (χ2v) is 7.09. The molecule has 126 valence electrons. The van der Waals surface area contributed by atoms with Crippen LogP contribution < -0.4 is 0 Å². The molecule has 2 aromatic rings. The van der Waals surface area contributed by atoms with Gasteiger partial charge in [-0.05, 0) is 12.1 Å². The van der Waals surface area contributed by atoms with Gasteiger partial charge in [-0.25, -0.2) is 4.98 Å². The van der Waals surface area contributed by atoms with Gasteiger partial charge in [-0.15, -0.1) is 11.3 Å². The summed E-state index contributed by atoms with van der Waals surface area (Å²) >= 11 is 1.60. The van der Waals surface area contributed by atoms with Crippen LogP contribution in [0.3, 0.4) is 0 Å². The largest absolute Gasteiger partial charge is 0.335 e. The van der Waals surface area contributed by atoms with Gasteiger partial charge in [0.05, 0.1) is 6.54 Å². The Morgan fingerprint density at radius 1 is 1.33 bits per heavy atom. The number of rotatable bonds is 3. The fourth-order valence-corrected chi connectivity index (χ4v) is 4.07. The second-order valence-electron chi connectivity index (χ2n) is 6.22. The van der Waals surface area contributed by atoms with Crippen LogP contribution >= 0.6 is 11.3 Å². The lowest BCUT2D eigenvalue weighted by Crippen LogP contribution is -2.65. The van der Waals surface area contributed by atoms with Crippen molar-refractivity contribution in [2.75, 3.05) is 33.2 Å². The summed E-state index contributed by atoms with van der Waals surface area (Å²) in [7, 11) is 1.70. The van der Waals surface area contributed by atoms with Crippen LogP contribution in [-0.4, -0.2) is 75.3 Å². The van der Waals surface area contributed by atoms with E-state index in [9.17, 15) is 9.59 Å². The van der Waals surface area contributed by atoms with E-state index in [1.54, 1.807) is 29.5 Å². The van der Waals surface area contributed by atoms with Gasteiger partial charge in [-0.2, -0.15) is 0 Å². The Hall–Kier alpha value is -2.19. The van der Waals surface area contributed by atoms with Gasteiger partial charge in [0, 0.05) is 56.7 Å². The Morgan fingerprint density at radius 2 is 2.21 bits per heavy atom. The molecular weight excluding hydrogens is 326 g/mol. The van der Waals surface area contributed by atoms with E-state index in [0.717, 1.165) is 23.9 Å². The maximum Gasteiger partial charge on any atom is 0.246 e. The monoisotopic (exact) mass is 345 g/mol. The highest BCUT2D eigenvalue weighted by atomic mass is 32.1. The molecule has 2 saturated heterocycles. The van der Waals surface area contributed by atoms with E-state index < -0.39 is 0 Å². The second kappa shape index (κ2) is 6.03. The Bertz CT molecular complexity index is 756. The summed E-state index contributed by atoms with van der Waals surface area (Å²) in [6, 6.07) is 3.73. The molecule has 0 unspecified atom stereocenters. The maximum atomic E-state index is 12.4. The first-order valence-electron chi connectivity index (χ1n) is 7.96. The van der Waals surface area contributed by atoms with Gasteiger partial charge in [0.15, 0.2) is 5.13 Å². The zero-order chi connectivity index (χ0) is 16.7. The highest BCUT2D eigenvalue weighted by Crippen LogP contribution is 2.21. The van der Waals surface area contributed by atoms with Gasteiger partial charge in [0.1, 0.15) is 6.04 Å². The predicted molar refractivity (Wildman–Crippen MR) is 89.9 cm³/mol. The summed E-state index contributed by atoms with van der Waals surface area (Å²) < 4.78 is 2.08. The molecule has 2 aliphatic heterocycles. The van der Waals surface area contributed by atoms with Crippen LogP contribution in [0, 0.1) is 0 Å². The normalized spacial score (nSPS) is 22.1. The molecule has 0 aliphatic carbocycles. The molecule has 0 spiro atoms. The molecule has 4 heterocycles. The molecule has 0 aromatic carbocycles. The summed E-state index contributed by atoms with van der Waals surface area (Å²) in [6.07, 6.45) is 3.80. The first-order valence-corrected chi connectivity index (χ1v) is 8.84. The lowest BCUT2D eigenvalue weighted by molar-refractivity contribution is -0.158. The Labute approximate surface area is 144 Å². The predicted octanol–water partition coefficient (Wildman–Crippen LogP) is 0.419. The van der Waals surface area contributed by atoms with Crippen molar-refractivity contribution in [1.29, 1.82) is 0 Å². The topological polar surface area (TPSA) is 61.7 Å². The fraction of sp³-hybridized carbons (Fsp3) is 0.438. The summed E-state index contributed by atoms with van der Waals surface area (Å²) in [6.45, 7) is 2.91. The molecule has 7 nitrogen and oxygen atoms in total. The zero-order valence-corrected chi connectivity index (χ0v) is 14.3. The van der Waals surface area contributed by atoms with E-state index in [4.69, 9.17) is 0 Å². The van der Waals surface area contributed by atoms with Gasteiger partial charge in [-0.1, -0.05) is 0 Å². The van der Waals surface area contributed by atoms with Gasteiger partial charge in [0.25, 0.3) is 0 Å². The molecule has 4 rings (SSSR count). The summed E-state index contributed by atoms with van der Waals surface area (Å²) in [5.74, 6) is 0.0857. The molecule has 8 heteroatoms.